The molecule has 2 aromatic carbocycles. The molecule has 0 aliphatic carbocycles. The van der Waals surface area contributed by atoms with E-state index >= 15 is 0 Å². The first-order valence-corrected chi connectivity index (χ1v) is 13.0. The molecule has 6 nitrogen and oxygen atoms in total. The van der Waals surface area contributed by atoms with Gasteiger partial charge in [-0.2, -0.15) is 0 Å². The number of hydrogen-bond acceptors (Lipinski definition) is 5. The van der Waals surface area contributed by atoms with Crippen molar-refractivity contribution in [3.63, 3.8) is 0 Å². The standard InChI is InChI=1S/C28H31FN2O4S/c1-34-16-5-14-30(27(32)18-21-6-3-2-4-7-21)19-28(33)31-15-12-26-24(13-17-36-26)25(31)20-35-23-10-8-22(29)9-11-23/h2-4,6-11,13,17,25H,5,12,14-16,18-20H2,1H3. The van der Waals surface area contributed by atoms with E-state index in [-0.39, 0.29) is 43.2 Å². The van der Waals surface area contributed by atoms with E-state index in [9.17, 15) is 14.0 Å². The molecule has 0 radical (unpaired) electrons. The molecule has 0 N–H and O–H groups in total. The fraction of sp³-hybridized carbons (Fsp3) is 0.357. The molecule has 0 fully saturated rings. The van der Waals surface area contributed by atoms with Crippen molar-refractivity contribution in [1.82, 2.24) is 9.80 Å². The van der Waals surface area contributed by atoms with Gasteiger partial charge in [0.1, 0.15) is 18.2 Å². The van der Waals surface area contributed by atoms with E-state index in [1.54, 1.807) is 35.5 Å². The largest absolute Gasteiger partial charge is 0.491 e. The third-order valence-corrected chi connectivity index (χ3v) is 7.29. The number of halogens is 1. The third kappa shape index (κ3) is 6.71. The second kappa shape index (κ2) is 12.6. The Morgan fingerprint density at radius 1 is 1.11 bits per heavy atom. The number of hydrogen-bond donors (Lipinski definition) is 0. The molecule has 8 heteroatoms. The first kappa shape index (κ1) is 25.9. The van der Waals surface area contributed by atoms with Crippen LogP contribution in [0, 0.1) is 5.82 Å². The number of fused-ring (bicyclic) bond motifs is 1. The van der Waals surface area contributed by atoms with Gasteiger partial charge in [-0.3, -0.25) is 9.59 Å². The Hall–Kier alpha value is -3.23. The Morgan fingerprint density at radius 3 is 2.64 bits per heavy atom. The van der Waals surface area contributed by atoms with Crippen LogP contribution in [0.5, 0.6) is 5.75 Å². The average Bonchev–Trinajstić information content (AvgIpc) is 3.37. The lowest BCUT2D eigenvalue weighted by Gasteiger charge is -2.37. The van der Waals surface area contributed by atoms with Crippen molar-refractivity contribution in [2.24, 2.45) is 0 Å². The molecule has 1 unspecified atom stereocenters. The number of benzene rings is 2. The predicted molar refractivity (Wildman–Crippen MR) is 138 cm³/mol. The predicted octanol–water partition coefficient (Wildman–Crippen LogP) is 4.50. The van der Waals surface area contributed by atoms with Crippen LogP contribution >= 0.6 is 11.3 Å². The number of nitrogens with zero attached hydrogens (tertiary/aromatic N) is 2. The Labute approximate surface area is 215 Å². The van der Waals surface area contributed by atoms with Crippen LogP contribution in [0.1, 0.15) is 28.5 Å². The van der Waals surface area contributed by atoms with E-state index in [2.05, 4.69) is 0 Å². The quantitative estimate of drug-likeness (QED) is 0.357. The van der Waals surface area contributed by atoms with Gasteiger partial charge in [-0.05, 0) is 59.7 Å². The molecule has 190 valence electrons. The van der Waals surface area contributed by atoms with Gasteiger partial charge in [0.25, 0.3) is 0 Å². The summed E-state index contributed by atoms with van der Waals surface area (Å²) in [5.41, 5.74) is 1.99. The first-order chi connectivity index (χ1) is 17.5. The minimum Gasteiger partial charge on any atom is -0.491 e. The SMILES string of the molecule is COCCCN(CC(=O)N1CCc2sccc2C1COc1ccc(F)cc1)C(=O)Cc1ccccc1. The summed E-state index contributed by atoms with van der Waals surface area (Å²) in [7, 11) is 1.62. The lowest BCUT2D eigenvalue weighted by atomic mass is 10.0. The Kier molecular flexibility index (Phi) is 9.08. The van der Waals surface area contributed by atoms with Gasteiger partial charge in [0, 0.05) is 31.7 Å². The van der Waals surface area contributed by atoms with E-state index in [4.69, 9.17) is 9.47 Å². The summed E-state index contributed by atoms with van der Waals surface area (Å²) in [5, 5.41) is 2.03. The van der Waals surface area contributed by atoms with Gasteiger partial charge >= 0.3 is 0 Å². The highest BCUT2D eigenvalue weighted by molar-refractivity contribution is 7.10. The minimum atomic E-state index is -0.328. The lowest BCUT2D eigenvalue weighted by Crippen LogP contribution is -2.48. The molecule has 2 amide bonds. The maximum atomic E-state index is 13.6. The van der Waals surface area contributed by atoms with Crippen LogP contribution in [0.2, 0.25) is 0 Å². The number of amides is 2. The van der Waals surface area contributed by atoms with Gasteiger partial charge < -0.3 is 19.3 Å². The van der Waals surface area contributed by atoms with E-state index in [1.807, 2.05) is 46.7 Å². The van der Waals surface area contributed by atoms with Crippen molar-refractivity contribution < 1.29 is 23.5 Å². The molecule has 4 rings (SSSR count). The number of ether oxygens (including phenoxy) is 2. The van der Waals surface area contributed by atoms with E-state index in [0.717, 1.165) is 17.5 Å². The number of rotatable bonds is 11. The molecule has 3 aromatic rings. The van der Waals surface area contributed by atoms with Gasteiger partial charge in [0.15, 0.2) is 0 Å². The zero-order valence-corrected chi connectivity index (χ0v) is 21.2. The molecule has 0 spiro atoms. The van der Waals surface area contributed by atoms with E-state index < -0.39 is 0 Å². The van der Waals surface area contributed by atoms with Crippen molar-refractivity contribution in [2.45, 2.75) is 25.3 Å². The van der Waals surface area contributed by atoms with Crippen LogP contribution in [-0.4, -0.2) is 61.6 Å². The number of carbonyl (C=O) groups excluding carboxylic acids is 2. The number of carbonyl (C=O) groups is 2. The normalized spacial score (nSPS) is 14.8. The molecule has 1 aliphatic rings. The topological polar surface area (TPSA) is 59.1 Å². The highest BCUT2D eigenvalue weighted by Gasteiger charge is 2.33. The molecule has 1 aromatic heterocycles. The second-order valence-electron chi connectivity index (χ2n) is 8.74. The Bertz CT molecular complexity index is 1140. The molecule has 1 atom stereocenters. The zero-order valence-electron chi connectivity index (χ0n) is 20.4. The van der Waals surface area contributed by atoms with Crippen LogP contribution in [0.15, 0.2) is 66.0 Å². The van der Waals surface area contributed by atoms with Crippen molar-refractivity contribution in [1.29, 1.82) is 0 Å². The monoisotopic (exact) mass is 510 g/mol. The maximum absolute atomic E-state index is 13.6. The highest BCUT2D eigenvalue weighted by atomic mass is 32.1. The van der Waals surface area contributed by atoms with Crippen LogP contribution in [-0.2, 0) is 27.2 Å². The fourth-order valence-corrected chi connectivity index (χ4v) is 5.34. The summed E-state index contributed by atoms with van der Waals surface area (Å²) in [4.78, 5) is 31.4. The fourth-order valence-electron chi connectivity index (χ4n) is 4.41. The van der Waals surface area contributed by atoms with E-state index in [0.29, 0.717) is 31.9 Å². The van der Waals surface area contributed by atoms with Gasteiger partial charge in [-0.1, -0.05) is 30.3 Å². The second-order valence-corrected chi connectivity index (χ2v) is 9.74. The summed E-state index contributed by atoms with van der Waals surface area (Å²) in [5.74, 6) is 0.0208. The van der Waals surface area contributed by atoms with Crippen molar-refractivity contribution >= 4 is 23.2 Å². The molecule has 0 saturated carbocycles. The molecule has 1 aliphatic heterocycles. The van der Waals surface area contributed by atoms with Crippen LogP contribution < -0.4 is 4.74 Å². The average molecular weight is 511 g/mol. The van der Waals surface area contributed by atoms with Gasteiger partial charge in [-0.15, -0.1) is 11.3 Å². The lowest BCUT2D eigenvalue weighted by molar-refractivity contribution is -0.142. The molecular formula is C28H31FN2O4S. The van der Waals surface area contributed by atoms with Crippen LogP contribution in [0.4, 0.5) is 4.39 Å². The van der Waals surface area contributed by atoms with Gasteiger partial charge in [-0.25, -0.2) is 4.39 Å². The molecule has 36 heavy (non-hydrogen) atoms. The summed E-state index contributed by atoms with van der Waals surface area (Å²) >= 11 is 1.68. The van der Waals surface area contributed by atoms with Crippen molar-refractivity contribution in [3.8, 4) is 5.75 Å². The highest BCUT2D eigenvalue weighted by Crippen LogP contribution is 2.34. The smallest absolute Gasteiger partial charge is 0.242 e. The van der Waals surface area contributed by atoms with Crippen molar-refractivity contribution in [3.05, 3.63) is 87.9 Å². The molecule has 2 heterocycles. The first-order valence-electron chi connectivity index (χ1n) is 12.1. The summed E-state index contributed by atoms with van der Waals surface area (Å²) < 4.78 is 24.4. The third-order valence-electron chi connectivity index (χ3n) is 6.29. The molecule has 0 bridgehead atoms. The molecular weight excluding hydrogens is 479 g/mol. The number of methoxy groups -OCH3 is 1. The van der Waals surface area contributed by atoms with E-state index in [1.165, 1.54) is 17.0 Å². The Morgan fingerprint density at radius 2 is 1.89 bits per heavy atom. The minimum absolute atomic E-state index is 0.00188. The number of thiophene rings is 1. The zero-order chi connectivity index (χ0) is 25.3. The summed E-state index contributed by atoms with van der Waals surface area (Å²) in [6.07, 6.45) is 1.66. The van der Waals surface area contributed by atoms with Gasteiger partial charge in [0.2, 0.25) is 11.8 Å². The summed E-state index contributed by atoms with van der Waals surface area (Å²) in [6, 6.07) is 17.2. The summed E-state index contributed by atoms with van der Waals surface area (Å²) in [6.45, 7) is 1.77. The van der Waals surface area contributed by atoms with Crippen molar-refractivity contribution in [2.75, 3.05) is 40.0 Å². The van der Waals surface area contributed by atoms with Crippen LogP contribution in [0.3, 0.4) is 0 Å². The van der Waals surface area contributed by atoms with Crippen LogP contribution in [0.25, 0.3) is 0 Å². The van der Waals surface area contributed by atoms with Gasteiger partial charge in [0.05, 0.1) is 19.0 Å². The molecule has 0 saturated heterocycles. The Balaban J connectivity index is 1.47. The maximum Gasteiger partial charge on any atom is 0.242 e.